The maximum absolute atomic E-state index is 14.4. The molecule has 6 aromatic rings. The highest BCUT2D eigenvalue weighted by atomic mass is 32.2. The number of hydrogen-bond donors (Lipinski definition) is 0. The molecular formula is C61H60F13N3O12S. The number of halogens is 13. The van der Waals surface area contributed by atoms with E-state index in [1.54, 1.807) is 41.5 Å². The van der Waals surface area contributed by atoms with Crippen molar-refractivity contribution in [3.05, 3.63) is 141 Å². The van der Waals surface area contributed by atoms with Crippen molar-refractivity contribution in [2.45, 2.75) is 117 Å². The van der Waals surface area contributed by atoms with Crippen molar-refractivity contribution in [1.29, 1.82) is 0 Å². The van der Waals surface area contributed by atoms with E-state index < -0.39 is 109 Å². The van der Waals surface area contributed by atoms with Crippen LogP contribution in [0.3, 0.4) is 0 Å². The second-order valence-electron chi connectivity index (χ2n) is 20.6. The van der Waals surface area contributed by atoms with Crippen LogP contribution in [0.2, 0.25) is 0 Å². The number of carbonyl (C=O) groups is 3. The number of ether oxygens (including phenoxy) is 9. The standard InChI is InChI=1S/3C20H19F4NO4.CH3FS/c3*1-3-27-18(26)16-9-14(12-5-4-11(21)8-15(12)22)13-6-7-20(2,10-28-19(23)24)29-17(13)25-16;1-3-2/h3*4-5,8-9,19H,3,6-7,10H2,1-2H3;1H3/t2*20-;;/m10../s1. The summed E-state index contributed by atoms with van der Waals surface area (Å²) in [5, 5.41) is 0. The number of nitrogens with zero attached hydrogens (tertiary/aromatic N) is 3. The van der Waals surface area contributed by atoms with Gasteiger partial charge in [0.05, 0.1) is 39.6 Å². The molecule has 0 amide bonds. The number of pyridine rings is 3. The molecule has 6 heterocycles. The summed E-state index contributed by atoms with van der Waals surface area (Å²) < 4.78 is 214. The third kappa shape index (κ3) is 18.9. The van der Waals surface area contributed by atoms with Crippen molar-refractivity contribution in [2.75, 3.05) is 45.9 Å². The fraction of sp³-hybridized carbons (Fsp3) is 0.410. The zero-order valence-electron chi connectivity index (χ0n) is 49.2. The zero-order chi connectivity index (χ0) is 66.3. The molecule has 1 unspecified atom stereocenters. The van der Waals surface area contributed by atoms with Crippen LogP contribution in [0.25, 0.3) is 33.4 Å². The molecule has 15 nitrogen and oxygen atoms in total. The van der Waals surface area contributed by atoms with Gasteiger partial charge in [-0.25, -0.2) is 55.7 Å². The molecule has 488 valence electrons. The molecule has 0 spiro atoms. The minimum Gasteiger partial charge on any atom is -0.469 e. The van der Waals surface area contributed by atoms with Gasteiger partial charge >= 0.3 is 37.7 Å². The monoisotopic (exact) mass is 1310 g/mol. The zero-order valence-corrected chi connectivity index (χ0v) is 50.0. The maximum atomic E-state index is 14.4. The predicted molar refractivity (Wildman–Crippen MR) is 299 cm³/mol. The Morgan fingerprint density at radius 2 is 0.700 bits per heavy atom. The highest BCUT2D eigenvalue weighted by Gasteiger charge is 2.40. The van der Waals surface area contributed by atoms with Gasteiger partial charge < -0.3 is 42.6 Å². The lowest BCUT2D eigenvalue weighted by molar-refractivity contribution is -0.164. The van der Waals surface area contributed by atoms with E-state index in [0.29, 0.717) is 71.9 Å². The average Bonchev–Trinajstić information content (AvgIpc) is 0.789. The Morgan fingerprint density at radius 1 is 0.456 bits per heavy atom. The highest BCUT2D eigenvalue weighted by molar-refractivity contribution is 7.93. The van der Waals surface area contributed by atoms with Crippen molar-refractivity contribution in [3.8, 4) is 51.0 Å². The quantitative estimate of drug-likeness (QED) is 0.0451. The SMILES string of the molecule is CCOC(=O)c1cc(-c2ccc(F)cc2F)c2c(n1)OC(C)(COC(F)F)CC2.CCOC(=O)c1cc(-c2ccc(F)cc2F)c2c(n1)O[C@@](C)(COC(F)F)CC2.CCOC(=O)c1cc(-c2ccc(F)cc2F)c2c(n1)O[C@](C)(COC(F)F)CC2.CSF. The van der Waals surface area contributed by atoms with Gasteiger partial charge in [0.25, 0.3) is 0 Å². The number of fused-ring (bicyclic) bond motifs is 3. The van der Waals surface area contributed by atoms with E-state index in [0.717, 1.165) is 36.4 Å². The number of alkyl halides is 6. The van der Waals surface area contributed by atoms with E-state index in [4.69, 9.17) is 28.4 Å². The molecular weight excluding hydrogens is 1250 g/mol. The first kappa shape index (κ1) is 71.3. The molecule has 0 fully saturated rings. The third-order valence-electron chi connectivity index (χ3n) is 13.7. The highest BCUT2D eigenvalue weighted by Crippen LogP contribution is 2.43. The van der Waals surface area contributed by atoms with Crippen molar-refractivity contribution < 1.29 is 114 Å². The fourth-order valence-corrected chi connectivity index (χ4v) is 9.44. The topological polar surface area (TPSA) is 173 Å². The van der Waals surface area contributed by atoms with Crippen LogP contribution in [0.1, 0.15) is 109 Å². The molecule has 0 N–H and O–H groups in total. The van der Waals surface area contributed by atoms with E-state index >= 15 is 0 Å². The van der Waals surface area contributed by atoms with Crippen LogP contribution in [-0.2, 0) is 47.7 Å². The lowest BCUT2D eigenvalue weighted by atomic mass is 9.89. The van der Waals surface area contributed by atoms with Crippen LogP contribution in [-0.4, -0.2) is 115 Å². The minimum absolute atomic E-state index is 0.000828. The van der Waals surface area contributed by atoms with E-state index in [1.807, 2.05) is 0 Å². The van der Waals surface area contributed by atoms with E-state index in [2.05, 4.69) is 29.2 Å². The van der Waals surface area contributed by atoms with Gasteiger partial charge in [0.2, 0.25) is 17.6 Å². The second kappa shape index (κ2) is 31.8. The fourth-order valence-electron chi connectivity index (χ4n) is 9.44. The number of benzene rings is 3. The van der Waals surface area contributed by atoms with Crippen LogP contribution in [0.15, 0.2) is 72.8 Å². The van der Waals surface area contributed by atoms with Gasteiger partial charge in [-0.2, -0.15) is 30.2 Å². The first-order chi connectivity index (χ1) is 42.6. The molecule has 0 aliphatic carbocycles. The lowest BCUT2D eigenvalue weighted by Crippen LogP contribution is -2.42. The summed E-state index contributed by atoms with van der Waals surface area (Å²) in [4.78, 5) is 49.1. The van der Waals surface area contributed by atoms with Gasteiger partial charge in [0.1, 0.15) is 51.7 Å². The average molecular weight is 1310 g/mol. The van der Waals surface area contributed by atoms with Crippen LogP contribution in [0, 0.1) is 34.9 Å². The Hall–Kier alpha value is -7.76. The van der Waals surface area contributed by atoms with E-state index in [-0.39, 0.29) is 83.4 Å². The summed E-state index contributed by atoms with van der Waals surface area (Å²) in [7, 11) is 0. The van der Waals surface area contributed by atoms with Crippen molar-refractivity contribution >= 4 is 30.1 Å². The van der Waals surface area contributed by atoms with Crippen molar-refractivity contribution in [1.82, 2.24) is 15.0 Å². The van der Waals surface area contributed by atoms with Gasteiger partial charge in [0.15, 0.2) is 17.1 Å². The Balaban J connectivity index is 0.000000210. The van der Waals surface area contributed by atoms with Gasteiger partial charge in [-0.1, -0.05) is 0 Å². The summed E-state index contributed by atoms with van der Waals surface area (Å²) in [5.74, 6) is -6.93. The number of esters is 3. The van der Waals surface area contributed by atoms with Crippen LogP contribution in [0.4, 0.5) is 56.6 Å². The Bertz CT molecular complexity index is 3150. The smallest absolute Gasteiger partial charge is 0.357 e. The number of hydrogen-bond acceptors (Lipinski definition) is 16. The molecule has 0 bridgehead atoms. The van der Waals surface area contributed by atoms with Gasteiger partial charge in [0, 0.05) is 70.0 Å². The van der Waals surface area contributed by atoms with Crippen LogP contribution < -0.4 is 14.2 Å². The molecule has 90 heavy (non-hydrogen) atoms. The number of aromatic nitrogens is 3. The summed E-state index contributed by atoms with van der Waals surface area (Å²) in [6.45, 7) is -0.181. The normalized spacial score (nSPS) is 17.9. The summed E-state index contributed by atoms with van der Waals surface area (Å²) in [6, 6.07) is 13.3. The molecule has 3 aliphatic rings. The molecule has 3 aliphatic heterocycles. The largest absolute Gasteiger partial charge is 0.469 e. The van der Waals surface area contributed by atoms with Gasteiger partial charge in [-0.05, 0) is 151 Å². The molecule has 9 rings (SSSR count). The van der Waals surface area contributed by atoms with Crippen LogP contribution >= 0.6 is 12.1 Å². The number of rotatable bonds is 18. The molecule has 3 aromatic heterocycles. The minimum atomic E-state index is -2.96. The Kier molecular flexibility index (Phi) is 25.2. The number of carbonyl (C=O) groups excluding carboxylic acids is 3. The molecule has 0 saturated carbocycles. The molecule has 0 saturated heterocycles. The Morgan fingerprint density at radius 3 is 0.911 bits per heavy atom. The van der Waals surface area contributed by atoms with Gasteiger partial charge in [-0.3, -0.25) is 0 Å². The van der Waals surface area contributed by atoms with Gasteiger partial charge in [-0.15, -0.1) is 0 Å². The first-order valence-electron chi connectivity index (χ1n) is 27.5. The van der Waals surface area contributed by atoms with E-state index in [9.17, 15) is 71.0 Å². The summed E-state index contributed by atoms with van der Waals surface area (Å²) in [6.07, 6.45) is 3.18. The van der Waals surface area contributed by atoms with Crippen LogP contribution in [0.5, 0.6) is 17.6 Å². The first-order valence-corrected chi connectivity index (χ1v) is 28.6. The summed E-state index contributed by atoms with van der Waals surface area (Å²) in [5.41, 5.74) is -1.20. The van der Waals surface area contributed by atoms with Crippen molar-refractivity contribution in [2.24, 2.45) is 0 Å². The molecule has 29 heteroatoms. The lowest BCUT2D eigenvalue weighted by Gasteiger charge is -2.35. The van der Waals surface area contributed by atoms with Crippen molar-refractivity contribution in [3.63, 3.8) is 0 Å². The predicted octanol–water partition coefficient (Wildman–Crippen LogP) is 14.8. The summed E-state index contributed by atoms with van der Waals surface area (Å²) >= 11 is 0.250. The second-order valence-corrected chi connectivity index (χ2v) is 20.9. The molecule has 3 atom stereocenters. The van der Waals surface area contributed by atoms with E-state index in [1.165, 1.54) is 42.7 Å². The Labute approximate surface area is 512 Å². The molecule has 3 aromatic carbocycles. The molecule has 0 radical (unpaired) electrons. The third-order valence-corrected chi connectivity index (χ3v) is 13.7. The maximum Gasteiger partial charge on any atom is 0.357 e.